The van der Waals surface area contributed by atoms with Crippen LogP contribution < -0.4 is 0 Å². The molecule has 3 nitrogen and oxygen atoms in total. The van der Waals surface area contributed by atoms with E-state index < -0.39 is 12.1 Å². The molecule has 2 N–H and O–H groups in total. The Bertz CT molecular complexity index is 857. The third-order valence-electron chi connectivity index (χ3n) is 4.50. The molecule has 0 aromatic heterocycles. The molecule has 1 atom stereocenters. The first-order valence-corrected chi connectivity index (χ1v) is 9.16. The maximum absolute atomic E-state index is 10.9. The normalized spacial score (nSPS) is 16.3. The van der Waals surface area contributed by atoms with E-state index in [2.05, 4.69) is 31.8 Å². The first kappa shape index (κ1) is 17.6. The summed E-state index contributed by atoms with van der Waals surface area (Å²) in [6.45, 7) is 4.42. The van der Waals surface area contributed by atoms with Gasteiger partial charge in [-0.2, -0.15) is 0 Å². The molecule has 1 unspecified atom stereocenters. The number of carboxylic acid groups (broad SMARTS) is 1. The minimum absolute atomic E-state index is 0.0168. The maximum atomic E-state index is 10.9. The van der Waals surface area contributed by atoms with E-state index in [0.717, 1.165) is 17.7 Å². The van der Waals surface area contributed by atoms with E-state index in [0.29, 0.717) is 5.56 Å². The molecule has 0 saturated carbocycles. The average molecular weight is 352 g/mol. The zero-order chi connectivity index (χ0) is 18.0. The monoisotopic (exact) mass is 352 g/mol. The van der Waals surface area contributed by atoms with Crippen LogP contribution in [0.2, 0.25) is 0 Å². The SMILES string of the molecule is CC1(C)CCSc2cccc(C(O)C#Cc3ccc(C(=O)O)cc3)c21. The van der Waals surface area contributed by atoms with Crippen LogP contribution >= 0.6 is 11.8 Å². The number of hydrogen-bond donors (Lipinski definition) is 2. The number of aliphatic hydroxyl groups excluding tert-OH is 1. The molecule has 3 rings (SSSR count). The van der Waals surface area contributed by atoms with Crippen LogP contribution in [0.4, 0.5) is 0 Å². The van der Waals surface area contributed by atoms with Gasteiger partial charge in [0.1, 0.15) is 6.10 Å². The van der Waals surface area contributed by atoms with E-state index in [9.17, 15) is 9.90 Å². The molecule has 0 aliphatic carbocycles. The summed E-state index contributed by atoms with van der Waals surface area (Å²) < 4.78 is 0. The fraction of sp³-hybridized carbons (Fsp3) is 0.286. The molecule has 1 aliphatic heterocycles. The van der Waals surface area contributed by atoms with Crippen molar-refractivity contribution in [2.45, 2.75) is 36.7 Å². The van der Waals surface area contributed by atoms with Gasteiger partial charge in [0.15, 0.2) is 0 Å². The van der Waals surface area contributed by atoms with Gasteiger partial charge in [0, 0.05) is 10.5 Å². The van der Waals surface area contributed by atoms with E-state index in [1.54, 1.807) is 12.1 Å². The Morgan fingerprint density at radius 2 is 1.92 bits per heavy atom. The first-order chi connectivity index (χ1) is 11.9. The number of aliphatic hydroxyl groups is 1. The standard InChI is InChI=1S/C21H20O3S/c1-21(2)12-13-25-18-5-3-4-16(19(18)21)17(22)11-8-14-6-9-15(10-7-14)20(23)24/h3-7,9-10,17,22H,12-13H2,1-2H3,(H,23,24). The zero-order valence-corrected chi connectivity index (χ0v) is 15.1. The van der Waals surface area contributed by atoms with Gasteiger partial charge in [-0.25, -0.2) is 4.79 Å². The summed E-state index contributed by atoms with van der Waals surface area (Å²) in [6.07, 6.45) is 0.199. The van der Waals surface area contributed by atoms with Crippen molar-refractivity contribution in [1.82, 2.24) is 0 Å². The number of thioether (sulfide) groups is 1. The number of benzene rings is 2. The molecule has 4 heteroatoms. The molecule has 0 saturated heterocycles. The van der Waals surface area contributed by atoms with Crippen molar-refractivity contribution in [3.63, 3.8) is 0 Å². The van der Waals surface area contributed by atoms with Gasteiger partial charge in [-0.15, -0.1) is 11.8 Å². The van der Waals surface area contributed by atoms with Crippen LogP contribution in [0.5, 0.6) is 0 Å². The Hall–Kier alpha value is -2.22. The van der Waals surface area contributed by atoms with Crippen LogP contribution in [-0.4, -0.2) is 21.9 Å². The van der Waals surface area contributed by atoms with Crippen molar-refractivity contribution in [3.8, 4) is 11.8 Å². The van der Waals surface area contributed by atoms with Crippen molar-refractivity contribution >= 4 is 17.7 Å². The largest absolute Gasteiger partial charge is 0.478 e. The third-order valence-corrected chi connectivity index (χ3v) is 5.56. The van der Waals surface area contributed by atoms with Crippen molar-refractivity contribution in [1.29, 1.82) is 0 Å². The van der Waals surface area contributed by atoms with E-state index in [4.69, 9.17) is 5.11 Å². The van der Waals surface area contributed by atoms with E-state index in [1.165, 1.54) is 22.6 Å². The summed E-state index contributed by atoms with van der Waals surface area (Å²) in [5.74, 6) is 5.97. The highest BCUT2D eigenvalue weighted by atomic mass is 32.2. The average Bonchev–Trinajstić information content (AvgIpc) is 2.59. The molecule has 1 aliphatic rings. The van der Waals surface area contributed by atoms with Gasteiger partial charge in [-0.05, 0) is 59.0 Å². The molecule has 1 heterocycles. The van der Waals surface area contributed by atoms with Gasteiger partial charge >= 0.3 is 5.97 Å². The molecule has 0 spiro atoms. The van der Waals surface area contributed by atoms with E-state index >= 15 is 0 Å². The fourth-order valence-electron chi connectivity index (χ4n) is 3.09. The predicted octanol–water partition coefficient (Wildman–Crippen LogP) is 4.24. The van der Waals surface area contributed by atoms with Gasteiger partial charge in [0.05, 0.1) is 5.56 Å². The topological polar surface area (TPSA) is 57.5 Å². The van der Waals surface area contributed by atoms with Gasteiger partial charge < -0.3 is 10.2 Å². The summed E-state index contributed by atoms with van der Waals surface area (Å²) in [7, 11) is 0. The molecule has 0 amide bonds. The summed E-state index contributed by atoms with van der Waals surface area (Å²) in [5, 5.41) is 19.6. The number of rotatable bonds is 2. The molecular weight excluding hydrogens is 332 g/mol. The highest BCUT2D eigenvalue weighted by molar-refractivity contribution is 7.99. The van der Waals surface area contributed by atoms with Gasteiger partial charge in [-0.3, -0.25) is 0 Å². The van der Waals surface area contributed by atoms with E-state index in [-0.39, 0.29) is 11.0 Å². The number of aromatic carboxylic acids is 1. The third kappa shape index (κ3) is 3.73. The lowest BCUT2D eigenvalue weighted by Crippen LogP contribution is -2.25. The molecule has 25 heavy (non-hydrogen) atoms. The molecule has 0 bridgehead atoms. The molecule has 2 aromatic rings. The van der Waals surface area contributed by atoms with Crippen LogP contribution in [0.25, 0.3) is 0 Å². The van der Waals surface area contributed by atoms with Crippen LogP contribution in [0.3, 0.4) is 0 Å². The summed E-state index contributed by atoms with van der Waals surface area (Å²) >= 11 is 1.83. The highest BCUT2D eigenvalue weighted by Gasteiger charge is 2.31. The van der Waals surface area contributed by atoms with Crippen LogP contribution in [0.1, 0.15) is 53.4 Å². The zero-order valence-electron chi connectivity index (χ0n) is 14.2. The van der Waals surface area contributed by atoms with Crippen LogP contribution in [0, 0.1) is 11.8 Å². The van der Waals surface area contributed by atoms with Gasteiger partial charge in [0.25, 0.3) is 0 Å². The Balaban J connectivity index is 1.91. The minimum Gasteiger partial charge on any atom is -0.478 e. The van der Waals surface area contributed by atoms with Crippen LogP contribution in [-0.2, 0) is 5.41 Å². The Morgan fingerprint density at radius 3 is 2.60 bits per heavy atom. The lowest BCUT2D eigenvalue weighted by Gasteiger charge is -2.34. The number of fused-ring (bicyclic) bond motifs is 1. The number of carbonyl (C=O) groups is 1. The Kier molecular flexibility index (Phi) is 4.89. The second-order valence-corrected chi connectivity index (χ2v) is 7.89. The molecule has 0 fully saturated rings. The van der Waals surface area contributed by atoms with Gasteiger partial charge in [-0.1, -0.05) is 37.8 Å². The number of hydrogen-bond acceptors (Lipinski definition) is 3. The highest BCUT2D eigenvalue weighted by Crippen LogP contribution is 2.44. The maximum Gasteiger partial charge on any atom is 0.335 e. The Labute approximate surface area is 152 Å². The van der Waals surface area contributed by atoms with Gasteiger partial charge in [0.2, 0.25) is 0 Å². The predicted molar refractivity (Wildman–Crippen MR) is 100 cm³/mol. The summed E-state index contributed by atoms with van der Waals surface area (Å²) in [6, 6.07) is 12.4. The van der Waals surface area contributed by atoms with Crippen molar-refractivity contribution in [2.24, 2.45) is 0 Å². The van der Waals surface area contributed by atoms with Crippen LogP contribution in [0.15, 0.2) is 47.4 Å². The molecule has 2 aromatic carbocycles. The smallest absolute Gasteiger partial charge is 0.335 e. The lowest BCUT2D eigenvalue weighted by molar-refractivity contribution is 0.0697. The van der Waals surface area contributed by atoms with Crippen molar-refractivity contribution in [2.75, 3.05) is 5.75 Å². The molecule has 0 radical (unpaired) electrons. The second-order valence-electron chi connectivity index (χ2n) is 6.76. The summed E-state index contributed by atoms with van der Waals surface area (Å²) in [5.41, 5.74) is 2.98. The molecular formula is C21H20O3S. The summed E-state index contributed by atoms with van der Waals surface area (Å²) in [4.78, 5) is 12.1. The second kappa shape index (κ2) is 6.95. The quantitative estimate of drug-likeness (QED) is 0.794. The van der Waals surface area contributed by atoms with Crippen molar-refractivity contribution in [3.05, 3.63) is 64.7 Å². The fourth-order valence-corrected chi connectivity index (χ4v) is 4.63. The lowest BCUT2D eigenvalue weighted by atomic mass is 9.78. The first-order valence-electron chi connectivity index (χ1n) is 8.18. The number of carboxylic acids is 1. The minimum atomic E-state index is -0.963. The molecule has 128 valence electrons. The van der Waals surface area contributed by atoms with Crippen molar-refractivity contribution < 1.29 is 15.0 Å². The van der Waals surface area contributed by atoms with E-state index in [1.807, 2.05) is 23.9 Å². The Morgan fingerprint density at radius 1 is 1.20 bits per heavy atom.